The van der Waals surface area contributed by atoms with E-state index in [1.165, 1.54) is 18.4 Å². The van der Waals surface area contributed by atoms with Gasteiger partial charge in [0, 0.05) is 45.8 Å². The number of ether oxygens (including phenoxy) is 1. The third-order valence-corrected chi connectivity index (χ3v) is 6.81. The van der Waals surface area contributed by atoms with Gasteiger partial charge in [0.15, 0.2) is 5.17 Å². The van der Waals surface area contributed by atoms with Gasteiger partial charge >= 0.3 is 0 Å². The van der Waals surface area contributed by atoms with Gasteiger partial charge in [-0.1, -0.05) is 42.1 Å². The second-order valence-electron chi connectivity index (χ2n) is 7.50. The van der Waals surface area contributed by atoms with Gasteiger partial charge in [-0.25, -0.2) is 0 Å². The number of methoxy groups -OCH3 is 1. The zero-order chi connectivity index (χ0) is 19.1. The molecule has 146 valence electrons. The number of nitrogens with zero attached hydrogens (tertiary/aromatic N) is 4. The Labute approximate surface area is 167 Å². The minimum atomic E-state index is -0.00878. The smallest absolute Gasteiger partial charge is 0.208 e. The average Bonchev–Trinajstić information content (AvgIpc) is 2.73. The molecule has 3 rings (SSSR count). The van der Waals surface area contributed by atoms with E-state index < -0.39 is 0 Å². The van der Waals surface area contributed by atoms with Crippen molar-refractivity contribution in [2.45, 2.75) is 43.7 Å². The maximum atomic E-state index is 8.83. The maximum Gasteiger partial charge on any atom is 0.208 e. The summed E-state index contributed by atoms with van der Waals surface area (Å²) in [5, 5.41) is 9.68. The molecule has 27 heavy (non-hydrogen) atoms. The van der Waals surface area contributed by atoms with Gasteiger partial charge in [-0.05, 0) is 37.5 Å². The van der Waals surface area contributed by atoms with E-state index in [2.05, 4.69) is 45.1 Å². The third-order valence-electron chi connectivity index (χ3n) is 6.10. The van der Waals surface area contributed by atoms with Gasteiger partial charge < -0.3 is 9.64 Å². The molecule has 0 spiro atoms. The molecule has 6 heteroatoms. The molecule has 1 saturated carbocycles. The number of amidine groups is 1. The van der Waals surface area contributed by atoms with Crippen LogP contribution in [0.4, 0.5) is 0 Å². The first-order valence-corrected chi connectivity index (χ1v) is 11.0. The van der Waals surface area contributed by atoms with Crippen molar-refractivity contribution in [3.05, 3.63) is 35.9 Å². The van der Waals surface area contributed by atoms with Crippen LogP contribution in [0, 0.1) is 11.5 Å². The van der Waals surface area contributed by atoms with Gasteiger partial charge in [0.1, 0.15) is 0 Å². The zero-order valence-corrected chi connectivity index (χ0v) is 17.2. The van der Waals surface area contributed by atoms with Gasteiger partial charge in [-0.15, -0.1) is 4.99 Å². The summed E-state index contributed by atoms with van der Waals surface area (Å²) >= 11 is 1.56. The second-order valence-corrected chi connectivity index (χ2v) is 8.28. The number of hydrogen-bond donors (Lipinski definition) is 0. The highest BCUT2D eigenvalue weighted by Crippen LogP contribution is 2.36. The van der Waals surface area contributed by atoms with Gasteiger partial charge in [0.25, 0.3) is 0 Å². The van der Waals surface area contributed by atoms with Gasteiger partial charge in [0.2, 0.25) is 6.19 Å². The van der Waals surface area contributed by atoms with E-state index in [-0.39, 0.29) is 5.60 Å². The molecule has 2 aliphatic rings. The van der Waals surface area contributed by atoms with Crippen LogP contribution in [-0.2, 0) is 11.2 Å². The Balaban J connectivity index is 1.52. The van der Waals surface area contributed by atoms with E-state index in [1.54, 1.807) is 11.8 Å². The number of benzene rings is 1. The van der Waals surface area contributed by atoms with E-state index in [9.17, 15) is 0 Å². The molecule has 5 nitrogen and oxygen atoms in total. The van der Waals surface area contributed by atoms with Crippen LogP contribution in [0.15, 0.2) is 35.3 Å². The Morgan fingerprint density at radius 2 is 1.89 bits per heavy atom. The molecule has 1 saturated heterocycles. The van der Waals surface area contributed by atoms with Crippen molar-refractivity contribution in [1.29, 1.82) is 5.26 Å². The molecule has 1 aliphatic heterocycles. The second kappa shape index (κ2) is 9.59. The fraction of sp³-hybridized carbons (Fsp3) is 0.619. The van der Waals surface area contributed by atoms with Crippen LogP contribution < -0.4 is 0 Å². The summed E-state index contributed by atoms with van der Waals surface area (Å²) in [6.07, 6.45) is 9.55. The summed E-state index contributed by atoms with van der Waals surface area (Å²) in [6, 6.07) is 11.4. The number of hydrogen-bond acceptors (Lipinski definition) is 5. The summed E-state index contributed by atoms with van der Waals surface area (Å²) in [4.78, 5) is 8.82. The van der Waals surface area contributed by atoms with Gasteiger partial charge in [-0.2, -0.15) is 5.26 Å². The molecule has 0 bridgehead atoms. The number of aliphatic imine (C=N–C) groups is 1. The number of rotatable bonds is 4. The molecular formula is C21H30N4OS. The maximum absolute atomic E-state index is 8.83. The molecule has 0 radical (unpaired) electrons. The van der Waals surface area contributed by atoms with E-state index in [0.29, 0.717) is 6.04 Å². The van der Waals surface area contributed by atoms with Crippen molar-refractivity contribution in [2.75, 3.05) is 39.5 Å². The van der Waals surface area contributed by atoms with Crippen LogP contribution in [0.5, 0.6) is 0 Å². The highest BCUT2D eigenvalue weighted by molar-refractivity contribution is 8.13. The topological polar surface area (TPSA) is 51.9 Å². The molecule has 1 aromatic carbocycles. The minimum absolute atomic E-state index is 0.00878. The largest absolute Gasteiger partial charge is 0.378 e. The van der Waals surface area contributed by atoms with Crippen LogP contribution in [-0.4, -0.2) is 66.2 Å². The van der Waals surface area contributed by atoms with Crippen molar-refractivity contribution >= 4 is 16.9 Å². The summed E-state index contributed by atoms with van der Waals surface area (Å²) < 4.78 is 6.03. The average molecular weight is 387 g/mol. The molecule has 1 aliphatic carbocycles. The first-order valence-electron chi connectivity index (χ1n) is 9.78. The summed E-state index contributed by atoms with van der Waals surface area (Å²) in [5.74, 6) is 0. The van der Waals surface area contributed by atoms with Crippen molar-refractivity contribution in [2.24, 2.45) is 4.99 Å². The fourth-order valence-electron chi connectivity index (χ4n) is 4.48. The summed E-state index contributed by atoms with van der Waals surface area (Å²) in [6.45, 7) is 4.01. The van der Waals surface area contributed by atoms with Crippen LogP contribution in [0.3, 0.4) is 0 Å². The molecule has 0 amide bonds. The van der Waals surface area contributed by atoms with Crippen LogP contribution in [0.25, 0.3) is 0 Å². The Morgan fingerprint density at radius 1 is 1.22 bits per heavy atom. The van der Waals surface area contributed by atoms with Crippen molar-refractivity contribution in [1.82, 2.24) is 9.80 Å². The van der Waals surface area contributed by atoms with Crippen LogP contribution in [0.1, 0.15) is 31.2 Å². The monoisotopic (exact) mass is 386 g/mol. The predicted molar refractivity (Wildman–Crippen MR) is 112 cm³/mol. The van der Waals surface area contributed by atoms with Gasteiger partial charge in [-0.3, -0.25) is 4.90 Å². The van der Waals surface area contributed by atoms with E-state index in [1.807, 2.05) is 19.6 Å². The van der Waals surface area contributed by atoms with Gasteiger partial charge in [0.05, 0.1) is 5.60 Å². The highest BCUT2D eigenvalue weighted by Gasteiger charge is 2.38. The summed E-state index contributed by atoms with van der Waals surface area (Å²) in [5.41, 5.74) is 1.36. The molecule has 2 fully saturated rings. The quantitative estimate of drug-likeness (QED) is 0.451. The first kappa shape index (κ1) is 20.2. The lowest BCUT2D eigenvalue weighted by molar-refractivity contribution is -0.0575. The lowest BCUT2D eigenvalue weighted by Crippen LogP contribution is -2.53. The van der Waals surface area contributed by atoms with E-state index in [0.717, 1.165) is 50.6 Å². The van der Waals surface area contributed by atoms with Crippen molar-refractivity contribution in [3.63, 3.8) is 0 Å². The summed E-state index contributed by atoms with van der Waals surface area (Å²) in [7, 11) is 1.88. The Bertz CT molecular complexity index is 657. The lowest BCUT2D eigenvalue weighted by atomic mass is 9.77. The van der Waals surface area contributed by atoms with E-state index >= 15 is 0 Å². The number of thioether (sulfide) groups is 1. The normalized spacial score (nSPS) is 27.4. The Hall–Kier alpha value is -1.55. The Morgan fingerprint density at radius 3 is 2.44 bits per heavy atom. The molecule has 0 aromatic heterocycles. The molecule has 1 heterocycles. The fourth-order valence-corrected chi connectivity index (χ4v) is 5.05. The SMILES string of the molecule is COC1(Cc2ccccc2)CCC(N2CCN(/C(=N/C#N)SC)CC2)CC1. The predicted octanol–water partition coefficient (Wildman–Crippen LogP) is 3.37. The third kappa shape index (κ3) is 5.04. The van der Waals surface area contributed by atoms with E-state index in [4.69, 9.17) is 10.00 Å². The molecule has 0 unspecified atom stereocenters. The molecule has 0 atom stereocenters. The van der Waals surface area contributed by atoms with Crippen molar-refractivity contribution < 1.29 is 4.74 Å². The molecular weight excluding hydrogens is 356 g/mol. The standard InChI is InChI=1S/C21H30N4OS/c1-26-21(16-18-6-4-3-5-7-18)10-8-19(9-11-21)24-12-14-25(15-13-24)20(27-2)23-17-22/h3-7,19H,8-16H2,1-2H3/b23-20-. The zero-order valence-electron chi connectivity index (χ0n) is 16.4. The van der Waals surface area contributed by atoms with Crippen molar-refractivity contribution in [3.8, 4) is 6.19 Å². The Kier molecular flexibility index (Phi) is 7.17. The van der Waals surface area contributed by atoms with Crippen LogP contribution in [0.2, 0.25) is 0 Å². The van der Waals surface area contributed by atoms with Crippen LogP contribution >= 0.6 is 11.8 Å². The lowest BCUT2D eigenvalue weighted by Gasteiger charge is -2.45. The number of nitriles is 1. The highest BCUT2D eigenvalue weighted by atomic mass is 32.2. The first-order chi connectivity index (χ1) is 13.2. The minimum Gasteiger partial charge on any atom is -0.378 e. The molecule has 1 aromatic rings. The molecule has 0 N–H and O–H groups in total. The number of piperazine rings is 1.